The van der Waals surface area contributed by atoms with Crippen LogP contribution in [0.4, 0.5) is 0 Å². The molecule has 3 nitrogen and oxygen atoms in total. The highest BCUT2D eigenvalue weighted by atomic mass is 32.1. The number of ether oxygens (including phenoxy) is 1. The molecule has 2 rings (SSSR count). The highest BCUT2D eigenvalue weighted by molar-refractivity contribution is 7.80. The first-order valence-electron chi connectivity index (χ1n) is 6.19. The lowest BCUT2D eigenvalue weighted by Gasteiger charge is -2.06. The molecule has 2 aromatic rings. The van der Waals surface area contributed by atoms with Crippen LogP contribution in [-0.2, 0) is 11.3 Å². The number of nitrogens with two attached hydrogens (primary N) is 1. The van der Waals surface area contributed by atoms with Crippen LogP contribution in [0.25, 0.3) is 10.9 Å². The van der Waals surface area contributed by atoms with Gasteiger partial charge in [0.15, 0.2) is 0 Å². The van der Waals surface area contributed by atoms with Gasteiger partial charge in [-0.1, -0.05) is 12.2 Å². The molecule has 2 N–H and O–H groups in total. The molecule has 0 aliphatic heterocycles. The van der Waals surface area contributed by atoms with Gasteiger partial charge in [0.1, 0.15) is 4.99 Å². The van der Waals surface area contributed by atoms with Gasteiger partial charge in [-0.2, -0.15) is 0 Å². The van der Waals surface area contributed by atoms with Crippen LogP contribution < -0.4 is 5.73 Å². The molecule has 0 saturated carbocycles. The summed E-state index contributed by atoms with van der Waals surface area (Å²) in [7, 11) is 0. The topological polar surface area (TPSA) is 40.2 Å². The Labute approximate surface area is 113 Å². The van der Waals surface area contributed by atoms with Crippen molar-refractivity contribution in [1.82, 2.24) is 4.57 Å². The number of aryl methyl sites for hydroxylation is 1. The molecule has 96 valence electrons. The van der Waals surface area contributed by atoms with Crippen molar-refractivity contribution in [2.45, 2.75) is 19.9 Å². The summed E-state index contributed by atoms with van der Waals surface area (Å²) in [5, 5.41) is 1.18. The standard InChI is InChI=1S/C14H18N2OS/c1-2-17-9-3-7-16-8-6-11-10-12(14(15)18)4-5-13(11)16/h4-6,8,10H,2-3,7,9H2,1H3,(H2,15,18). The van der Waals surface area contributed by atoms with Crippen molar-refractivity contribution in [3.8, 4) is 0 Å². The van der Waals surface area contributed by atoms with E-state index in [-0.39, 0.29) is 0 Å². The second-order valence-electron chi connectivity index (χ2n) is 4.20. The van der Waals surface area contributed by atoms with Crippen molar-refractivity contribution in [3.63, 3.8) is 0 Å². The molecular weight excluding hydrogens is 244 g/mol. The van der Waals surface area contributed by atoms with Gasteiger partial charge in [0, 0.05) is 42.4 Å². The van der Waals surface area contributed by atoms with Crippen molar-refractivity contribution < 1.29 is 4.74 Å². The zero-order valence-corrected chi connectivity index (χ0v) is 11.4. The molecule has 0 spiro atoms. The highest BCUT2D eigenvalue weighted by Gasteiger charge is 2.03. The van der Waals surface area contributed by atoms with E-state index in [1.807, 2.05) is 19.1 Å². The second-order valence-corrected chi connectivity index (χ2v) is 4.64. The fourth-order valence-electron chi connectivity index (χ4n) is 2.03. The minimum absolute atomic E-state index is 0.445. The number of benzene rings is 1. The van der Waals surface area contributed by atoms with Crippen LogP contribution in [0.2, 0.25) is 0 Å². The summed E-state index contributed by atoms with van der Waals surface area (Å²) < 4.78 is 7.58. The van der Waals surface area contributed by atoms with E-state index in [0.717, 1.165) is 31.7 Å². The molecule has 1 aromatic carbocycles. The Kier molecular flexibility index (Phi) is 4.33. The number of thiocarbonyl (C=S) groups is 1. The minimum atomic E-state index is 0.445. The number of aromatic nitrogens is 1. The van der Waals surface area contributed by atoms with Crippen LogP contribution in [0.3, 0.4) is 0 Å². The summed E-state index contributed by atoms with van der Waals surface area (Å²) in [5.74, 6) is 0. The summed E-state index contributed by atoms with van der Waals surface area (Å²) >= 11 is 4.99. The summed E-state index contributed by atoms with van der Waals surface area (Å²) in [5.41, 5.74) is 7.77. The van der Waals surface area contributed by atoms with Crippen molar-refractivity contribution >= 4 is 28.1 Å². The number of hydrogen-bond acceptors (Lipinski definition) is 2. The summed E-state index contributed by atoms with van der Waals surface area (Å²) in [6, 6.07) is 8.18. The van der Waals surface area contributed by atoms with Gasteiger partial charge in [-0.15, -0.1) is 0 Å². The minimum Gasteiger partial charge on any atom is -0.389 e. The Hall–Kier alpha value is -1.39. The Morgan fingerprint density at radius 2 is 2.22 bits per heavy atom. The molecule has 0 bridgehead atoms. The highest BCUT2D eigenvalue weighted by Crippen LogP contribution is 2.18. The van der Waals surface area contributed by atoms with Gasteiger partial charge in [0.2, 0.25) is 0 Å². The van der Waals surface area contributed by atoms with Crippen molar-refractivity contribution in [3.05, 3.63) is 36.0 Å². The Morgan fingerprint density at radius 3 is 2.94 bits per heavy atom. The average molecular weight is 262 g/mol. The van der Waals surface area contributed by atoms with Crippen molar-refractivity contribution in [2.24, 2.45) is 5.73 Å². The monoisotopic (exact) mass is 262 g/mol. The van der Waals surface area contributed by atoms with Gasteiger partial charge >= 0.3 is 0 Å². The van der Waals surface area contributed by atoms with Crippen LogP contribution in [0.1, 0.15) is 18.9 Å². The van der Waals surface area contributed by atoms with Crippen LogP contribution in [0, 0.1) is 0 Å². The van der Waals surface area contributed by atoms with Gasteiger partial charge in [-0.3, -0.25) is 0 Å². The van der Waals surface area contributed by atoms with Gasteiger partial charge in [-0.05, 0) is 37.6 Å². The lowest BCUT2D eigenvalue weighted by Crippen LogP contribution is -2.08. The lowest BCUT2D eigenvalue weighted by atomic mass is 10.1. The smallest absolute Gasteiger partial charge is 0.104 e. The molecule has 18 heavy (non-hydrogen) atoms. The molecule has 0 radical (unpaired) electrons. The van der Waals surface area contributed by atoms with Crippen molar-refractivity contribution in [1.29, 1.82) is 0 Å². The van der Waals surface area contributed by atoms with Crippen LogP contribution in [-0.4, -0.2) is 22.8 Å². The number of hydrogen-bond donors (Lipinski definition) is 1. The van der Waals surface area contributed by atoms with E-state index in [1.54, 1.807) is 0 Å². The van der Waals surface area contributed by atoms with E-state index < -0.39 is 0 Å². The summed E-state index contributed by atoms with van der Waals surface area (Å²) in [4.78, 5) is 0.445. The van der Waals surface area contributed by atoms with Gasteiger partial charge < -0.3 is 15.0 Å². The molecule has 1 heterocycles. The lowest BCUT2D eigenvalue weighted by molar-refractivity contribution is 0.142. The second kappa shape index (κ2) is 5.98. The largest absolute Gasteiger partial charge is 0.389 e. The molecule has 0 aliphatic rings. The van der Waals surface area contributed by atoms with Crippen molar-refractivity contribution in [2.75, 3.05) is 13.2 Å². The molecular formula is C14H18N2OS. The first-order chi connectivity index (χ1) is 8.72. The number of nitrogens with zero attached hydrogens (tertiary/aromatic N) is 1. The predicted molar refractivity (Wildman–Crippen MR) is 78.9 cm³/mol. The molecule has 0 atom stereocenters. The third-order valence-corrected chi connectivity index (χ3v) is 3.18. The van der Waals surface area contributed by atoms with Gasteiger partial charge in [0.25, 0.3) is 0 Å². The predicted octanol–water partition coefficient (Wildman–Crippen LogP) is 2.70. The SMILES string of the molecule is CCOCCCn1ccc2cc(C(N)=S)ccc21. The average Bonchev–Trinajstić information content (AvgIpc) is 2.77. The Morgan fingerprint density at radius 1 is 1.39 bits per heavy atom. The number of rotatable bonds is 6. The zero-order valence-electron chi connectivity index (χ0n) is 10.6. The third-order valence-electron chi connectivity index (χ3n) is 2.95. The fourth-order valence-corrected chi connectivity index (χ4v) is 2.16. The molecule has 0 fully saturated rings. The molecule has 1 aromatic heterocycles. The molecule has 0 unspecified atom stereocenters. The van der Waals surface area contributed by atoms with E-state index in [0.29, 0.717) is 4.99 Å². The Bertz CT molecular complexity index is 548. The quantitative estimate of drug-likeness (QED) is 0.643. The van der Waals surface area contributed by atoms with E-state index >= 15 is 0 Å². The maximum absolute atomic E-state index is 5.63. The van der Waals surface area contributed by atoms with E-state index in [2.05, 4.69) is 22.9 Å². The molecule has 4 heteroatoms. The maximum atomic E-state index is 5.63. The third kappa shape index (κ3) is 2.89. The maximum Gasteiger partial charge on any atom is 0.104 e. The fraction of sp³-hybridized carbons (Fsp3) is 0.357. The van der Waals surface area contributed by atoms with Gasteiger partial charge in [0.05, 0.1) is 0 Å². The molecule has 0 amide bonds. The van der Waals surface area contributed by atoms with Gasteiger partial charge in [-0.25, -0.2) is 0 Å². The summed E-state index contributed by atoms with van der Waals surface area (Å²) in [6.07, 6.45) is 3.12. The number of fused-ring (bicyclic) bond motifs is 1. The van der Waals surface area contributed by atoms with Crippen LogP contribution in [0.15, 0.2) is 30.5 Å². The Balaban J connectivity index is 2.13. The molecule has 0 saturated heterocycles. The first kappa shape index (κ1) is 13.1. The van der Waals surface area contributed by atoms with Crippen LogP contribution >= 0.6 is 12.2 Å². The van der Waals surface area contributed by atoms with E-state index in [4.69, 9.17) is 22.7 Å². The summed E-state index contributed by atoms with van der Waals surface area (Å²) in [6.45, 7) is 4.57. The zero-order chi connectivity index (χ0) is 13.0. The van der Waals surface area contributed by atoms with Crippen LogP contribution in [0.5, 0.6) is 0 Å². The van der Waals surface area contributed by atoms with E-state index in [9.17, 15) is 0 Å². The molecule has 0 aliphatic carbocycles. The first-order valence-corrected chi connectivity index (χ1v) is 6.59. The van der Waals surface area contributed by atoms with E-state index in [1.165, 1.54) is 10.9 Å². The normalized spacial score (nSPS) is 10.9.